The molecule has 0 nitrogen and oxygen atoms in total. The molecule has 0 N–H and O–H groups in total. The van der Waals surface area contributed by atoms with Gasteiger partial charge >= 0.3 is 0 Å². The molecule has 0 heteroatoms. The minimum Gasteiger partial charge on any atom is -0.0683 e. The highest BCUT2D eigenvalue weighted by Gasteiger charge is 2.45. The van der Waals surface area contributed by atoms with Gasteiger partial charge in [-0.15, -0.1) is 0 Å². The number of hydrogen-bond donors (Lipinski definition) is 0. The Labute approximate surface area is 265 Å². The third-order valence-electron chi connectivity index (χ3n) is 8.86. The first-order chi connectivity index (χ1) is 21.6. The van der Waals surface area contributed by atoms with Crippen molar-refractivity contribution < 1.29 is 0 Å². The van der Waals surface area contributed by atoms with Crippen LogP contribution in [-0.4, -0.2) is 0 Å². The van der Waals surface area contributed by atoms with Crippen molar-refractivity contribution in [3.05, 3.63) is 191 Å². The van der Waals surface area contributed by atoms with Gasteiger partial charge in [0.25, 0.3) is 0 Å². The predicted octanol–water partition coefficient (Wildman–Crippen LogP) is 12.1. The van der Waals surface area contributed by atoms with Gasteiger partial charge in [-0.3, -0.25) is 0 Å². The van der Waals surface area contributed by atoms with Gasteiger partial charge in [0.2, 0.25) is 0 Å². The fourth-order valence-electron chi connectivity index (χ4n) is 7.07. The van der Waals surface area contributed by atoms with Gasteiger partial charge in [-0.25, -0.2) is 0 Å². The molecule has 220 valence electrons. The first kappa shape index (κ1) is 30.8. The van der Waals surface area contributed by atoms with Crippen LogP contribution in [0, 0.1) is 0 Å². The molecular weight excluding hydrogens is 528 g/mol. The third kappa shape index (κ3) is 4.99. The Hall–Kier alpha value is -4.68. The molecule has 2 aliphatic carbocycles. The molecular formula is C44H44. The fraction of sp³-hybridized carbons (Fsp3) is 0.182. The van der Waals surface area contributed by atoms with Crippen molar-refractivity contribution in [3.8, 4) is 22.3 Å². The molecule has 0 amide bonds. The van der Waals surface area contributed by atoms with Crippen LogP contribution in [0.15, 0.2) is 158 Å². The van der Waals surface area contributed by atoms with Crippen LogP contribution in [0.25, 0.3) is 22.3 Å². The molecule has 0 radical (unpaired) electrons. The van der Waals surface area contributed by atoms with Crippen LogP contribution in [0.4, 0.5) is 0 Å². The monoisotopic (exact) mass is 572 g/mol. The molecule has 6 aromatic rings. The quantitative estimate of drug-likeness (QED) is 0.193. The van der Waals surface area contributed by atoms with Gasteiger partial charge in [0.05, 0.1) is 5.41 Å². The zero-order valence-electron chi connectivity index (χ0n) is 27.0. The fourth-order valence-corrected chi connectivity index (χ4v) is 7.07. The standard InChI is InChI=1S/C25H18.C15H14.2C2H6/c1-3-11-19(12-4-1)25(20-13-5-2-6-14-20)23-17-9-7-15-21(23)22-16-8-10-18-24(22)25;1-15(2)13-9-5-3-7-11(13)12-8-4-6-10-14(12)15;2*1-2/h1-18H;3-10H,1-2H3;2*1-2H3. The minimum absolute atomic E-state index is 0.160. The van der Waals surface area contributed by atoms with Crippen LogP contribution in [0.1, 0.15) is 74.9 Å². The van der Waals surface area contributed by atoms with E-state index in [4.69, 9.17) is 0 Å². The molecule has 0 atom stereocenters. The van der Waals surface area contributed by atoms with Gasteiger partial charge < -0.3 is 0 Å². The molecule has 0 spiro atoms. The minimum atomic E-state index is -0.254. The summed E-state index contributed by atoms with van der Waals surface area (Å²) >= 11 is 0. The highest BCUT2D eigenvalue weighted by Crippen LogP contribution is 2.55. The molecule has 0 fully saturated rings. The average Bonchev–Trinajstić information content (AvgIpc) is 3.54. The highest BCUT2D eigenvalue weighted by molar-refractivity contribution is 5.86. The number of fused-ring (bicyclic) bond motifs is 6. The highest BCUT2D eigenvalue weighted by atomic mass is 14.5. The zero-order valence-corrected chi connectivity index (χ0v) is 27.0. The van der Waals surface area contributed by atoms with Crippen LogP contribution in [-0.2, 0) is 10.8 Å². The van der Waals surface area contributed by atoms with E-state index in [1.54, 1.807) is 0 Å². The predicted molar refractivity (Wildman–Crippen MR) is 190 cm³/mol. The van der Waals surface area contributed by atoms with Crippen molar-refractivity contribution in [1.82, 2.24) is 0 Å². The third-order valence-corrected chi connectivity index (χ3v) is 8.86. The van der Waals surface area contributed by atoms with E-state index in [0.717, 1.165) is 0 Å². The van der Waals surface area contributed by atoms with Crippen molar-refractivity contribution in [3.63, 3.8) is 0 Å². The van der Waals surface area contributed by atoms with Gasteiger partial charge in [-0.1, -0.05) is 199 Å². The number of rotatable bonds is 2. The van der Waals surface area contributed by atoms with Gasteiger partial charge in [-0.2, -0.15) is 0 Å². The van der Waals surface area contributed by atoms with E-state index in [9.17, 15) is 0 Å². The maximum Gasteiger partial charge on any atom is 0.0713 e. The first-order valence-corrected chi connectivity index (χ1v) is 16.1. The Bertz CT molecular complexity index is 1670. The Morgan fingerprint density at radius 3 is 0.886 bits per heavy atom. The van der Waals surface area contributed by atoms with E-state index in [1.165, 1.54) is 55.6 Å². The second-order valence-corrected chi connectivity index (χ2v) is 11.3. The Balaban J connectivity index is 0.000000173. The van der Waals surface area contributed by atoms with E-state index in [1.807, 2.05) is 27.7 Å². The lowest BCUT2D eigenvalue weighted by molar-refractivity contribution is 0.660. The molecule has 2 aliphatic rings. The van der Waals surface area contributed by atoms with Crippen molar-refractivity contribution in [1.29, 1.82) is 0 Å². The SMILES string of the molecule is CC.CC.CC1(C)c2ccccc2-c2ccccc21.c1ccc(C2(c3ccccc3)c3ccccc3-c3ccccc32)cc1. The number of benzene rings is 6. The van der Waals surface area contributed by atoms with Crippen LogP contribution in [0.3, 0.4) is 0 Å². The lowest BCUT2D eigenvalue weighted by Gasteiger charge is -2.33. The summed E-state index contributed by atoms with van der Waals surface area (Å²) in [4.78, 5) is 0. The molecule has 6 aromatic carbocycles. The van der Waals surface area contributed by atoms with Crippen LogP contribution >= 0.6 is 0 Å². The first-order valence-electron chi connectivity index (χ1n) is 16.1. The van der Waals surface area contributed by atoms with E-state index >= 15 is 0 Å². The Morgan fingerprint density at radius 2 is 0.545 bits per heavy atom. The van der Waals surface area contributed by atoms with Crippen molar-refractivity contribution in [2.24, 2.45) is 0 Å². The molecule has 0 saturated carbocycles. The molecule has 44 heavy (non-hydrogen) atoms. The molecule has 0 aliphatic heterocycles. The van der Waals surface area contributed by atoms with Gasteiger partial charge in [0, 0.05) is 5.41 Å². The molecule has 8 rings (SSSR count). The molecule has 0 heterocycles. The van der Waals surface area contributed by atoms with Crippen molar-refractivity contribution >= 4 is 0 Å². The topological polar surface area (TPSA) is 0 Å². The van der Waals surface area contributed by atoms with Crippen molar-refractivity contribution in [2.75, 3.05) is 0 Å². The van der Waals surface area contributed by atoms with Gasteiger partial charge in [0.15, 0.2) is 0 Å². The summed E-state index contributed by atoms with van der Waals surface area (Å²) in [5, 5.41) is 0. The summed E-state index contributed by atoms with van der Waals surface area (Å²) in [5.41, 5.74) is 13.7. The summed E-state index contributed by atoms with van der Waals surface area (Å²) < 4.78 is 0. The maximum atomic E-state index is 2.30. The second-order valence-electron chi connectivity index (χ2n) is 11.3. The number of hydrogen-bond acceptors (Lipinski definition) is 0. The normalized spacial score (nSPS) is 13.6. The summed E-state index contributed by atoms with van der Waals surface area (Å²) in [6.45, 7) is 12.6. The Morgan fingerprint density at radius 1 is 0.295 bits per heavy atom. The largest absolute Gasteiger partial charge is 0.0713 e. The van der Waals surface area contributed by atoms with Crippen molar-refractivity contribution in [2.45, 2.75) is 52.4 Å². The second kappa shape index (κ2) is 13.3. The van der Waals surface area contributed by atoms with Gasteiger partial charge in [0.1, 0.15) is 0 Å². The lowest BCUT2D eigenvalue weighted by atomic mass is 9.68. The molecule has 0 bridgehead atoms. The summed E-state index contributed by atoms with van der Waals surface area (Å²) in [6.07, 6.45) is 0. The van der Waals surface area contributed by atoms with Gasteiger partial charge in [-0.05, 0) is 55.6 Å². The molecule has 0 unspecified atom stereocenters. The van der Waals surface area contributed by atoms with Crippen LogP contribution in [0.2, 0.25) is 0 Å². The Kier molecular flexibility index (Phi) is 9.31. The maximum absolute atomic E-state index is 2.30. The van der Waals surface area contributed by atoms with Crippen LogP contribution in [0.5, 0.6) is 0 Å². The summed E-state index contributed by atoms with van der Waals surface area (Å²) in [5.74, 6) is 0. The average molecular weight is 573 g/mol. The van der Waals surface area contributed by atoms with E-state index in [2.05, 4.69) is 172 Å². The summed E-state index contributed by atoms with van der Waals surface area (Å²) in [6, 6.07) is 56.9. The summed E-state index contributed by atoms with van der Waals surface area (Å²) in [7, 11) is 0. The van der Waals surface area contributed by atoms with Crippen LogP contribution < -0.4 is 0 Å². The smallest absolute Gasteiger partial charge is 0.0683 e. The molecule has 0 aromatic heterocycles. The lowest BCUT2D eigenvalue weighted by Crippen LogP contribution is -2.28. The van der Waals surface area contributed by atoms with E-state index < -0.39 is 0 Å². The zero-order chi connectivity index (χ0) is 31.2. The van der Waals surface area contributed by atoms with E-state index in [-0.39, 0.29) is 10.8 Å². The molecule has 0 saturated heterocycles. The van der Waals surface area contributed by atoms with E-state index in [0.29, 0.717) is 0 Å².